The molecule has 1 saturated carbocycles. The first kappa shape index (κ1) is 24.9. The van der Waals surface area contributed by atoms with E-state index in [9.17, 15) is 9.18 Å². The summed E-state index contributed by atoms with van der Waals surface area (Å²) < 4.78 is 46.9. The zero-order valence-electron chi connectivity index (χ0n) is 21.4. The summed E-state index contributed by atoms with van der Waals surface area (Å²) in [6, 6.07) is 3.50. The molecule has 3 aromatic rings. The third-order valence-electron chi connectivity index (χ3n) is 8.32. The van der Waals surface area contributed by atoms with Crippen molar-refractivity contribution in [3.8, 4) is 11.6 Å². The van der Waals surface area contributed by atoms with E-state index in [-0.39, 0.29) is 41.0 Å². The number of nitrogens with two attached hydrogens (primary N) is 1. The number of halogens is 2. The van der Waals surface area contributed by atoms with Gasteiger partial charge in [-0.25, -0.2) is 18.7 Å². The van der Waals surface area contributed by atoms with Gasteiger partial charge < -0.3 is 24.8 Å². The van der Waals surface area contributed by atoms with Gasteiger partial charge in [0, 0.05) is 30.0 Å². The minimum absolute atomic E-state index is 0.142. The lowest BCUT2D eigenvalue weighted by molar-refractivity contribution is -0.754. The molecule has 0 atom stereocenters. The summed E-state index contributed by atoms with van der Waals surface area (Å²) in [6.45, 7) is 2.35. The molecule has 3 aromatic heterocycles. The molecule has 1 aliphatic carbocycles. The summed E-state index contributed by atoms with van der Waals surface area (Å²) in [4.78, 5) is 24.7. The van der Waals surface area contributed by atoms with Crippen LogP contribution in [0.3, 0.4) is 0 Å². The molecule has 0 spiro atoms. The van der Waals surface area contributed by atoms with Crippen LogP contribution in [0.15, 0.2) is 18.3 Å². The van der Waals surface area contributed by atoms with Crippen LogP contribution < -0.4 is 20.1 Å². The summed E-state index contributed by atoms with van der Waals surface area (Å²) in [7, 11) is 1.53. The number of quaternary nitrogens is 1. The Hall–Kier alpha value is -3.44. The number of methoxy groups -OCH3 is 1. The summed E-state index contributed by atoms with van der Waals surface area (Å²) in [5.74, 6) is -0.104. The third-order valence-corrected chi connectivity index (χ3v) is 8.32. The molecule has 38 heavy (non-hydrogen) atoms. The molecule has 1 amide bonds. The topological polar surface area (TPSA) is 112 Å². The van der Waals surface area contributed by atoms with Gasteiger partial charge >= 0.3 is 0 Å². The molecular formula is C27H30F2N5O4+. The lowest BCUT2D eigenvalue weighted by atomic mass is 9.69. The van der Waals surface area contributed by atoms with Gasteiger partial charge in [0.2, 0.25) is 5.88 Å². The number of hydrogen-bond acceptors (Lipinski definition) is 7. The Labute approximate surface area is 218 Å². The average molecular weight is 527 g/mol. The molecule has 4 aliphatic rings. The molecular weight excluding hydrogens is 496 g/mol. The van der Waals surface area contributed by atoms with Gasteiger partial charge in [0.1, 0.15) is 30.2 Å². The standard InChI is InChI=1S/C27H29F2N5O4/c1-15-22(29)19(32-25-24(15)37-13-20(35)33-25)12-31-26-7-9-27(10-8-26,38-14-26)6-5-16-17(28)11-30-18-3-4-21(36-2)34-23(16)18/h3-4,11,31H,5-10,12-14H2,1-2H3,(H,32,33,35)/p+1. The Morgan fingerprint density at radius 3 is 2.74 bits per heavy atom. The molecule has 11 heteroatoms. The highest BCUT2D eigenvalue weighted by Gasteiger charge is 2.52. The van der Waals surface area contributed by atoms with Crippen LogP contribution in [0.1, 0.15) is 48.9 Å². The summed E-state index contributed by atoms with van der Waals surface area (Å²) >= 11 is 0. The lowest BCUT2D eigenvalue weighted by Gasteiger charge is -2.51. The first-order valence-corrected chi connectivity index (χ1v) is 12.9. The number of pyridine rings is 3. The largest absolute Gasteiger partial charge is 0.481 e. The SMILES string of the molecule is COc1ccc2ncc(F)c(CCC34CCC([NH2+]Cc5nc6c(c(C)c5F)OCC(=O)N6)(CC3)CO4)c2n1. The van der Waals surface area contributed by atoms with Crippen molar-refractivity contribution in [2.45, 2.75) is 63.1 Å². The number of ether oxygens (including phenoxy) is 3. The Morgan fingerprint density at radius 2 is 2.00 bits per heavy atom. The van der Waals surface area contributed by atoms with Crippen molar-refractivity contribution in [2.75, 3.05) is 25.6 Å². The normalized spacial score (nSPS) is 24.2. The molecule has 9 nitrogen and oxygen atoms in total. The number of aromatic nitrogens is 3. The number of nitrogens with zero attached hydrogens (tertiary/aromatic N) is 3. The van der Waals surface area contributed by atoms with Crippen molar-refractivity contribution in [1.29, 1.82) is 0 Å². The Morgan fingerprint density at radius 1 is 1.18 bits per heavy atom. The van der Waals surface area contributed by atoms with Crippen molar-refractivity contribution in [1.82, 2.24) is 15.0 Å². The molecule has 0 unspecified atom stereocenters. The smallest absolute Gasteiger partial charge is 0.263 e. The molecule has 3 fully saturated rings. The van der Waals surface area contributed by atoms with E-state index in [1.807, 2.05) is 0 Å². The minimum atomic E-state index is -0.411. The average Bonchev–Trinajstić information content (AvgIpc) is 2.94. The molecule has 3 N–H and O–H groups in total. The predicted octanol–water partition coefficient (Wildman–Crippen LogP) is 2.73. The number of hydrogen-bond donors (Lipinski definition) is 2. The number of amides is 1. The van der Waals surface area contributed by atoms with E-state index >= 15 is 4.39 Å². The van der Waals surface area contributed by atoms with Crippen LogP contribution in [0.4, 0.5) is 14.6 Å². The molecule has 3 aliphatic heterocycles. The van der Waals surface area contributed by atoms with Crippen molar-refractivity contribution in [3.05, 3.63) is 46.8 Å². The zero-order valence-corrected chi connectivity index (χ0v) is 21.4. The monoisotopic (exact) mass is 526 g/mol. The molecule has 6 heterocycles. The first-order valence-electron chi connectivity index (χ1n) is 12.9. The van der Waals surface area contributed by atoms with Gasteiger partial charge in [-0.1, -0.05) is 0 Å². The van der Waals surface area contributed by atoms with E-state index in [0.717, 1.165) is 25.7 Å². The van der Waals surface area contributed by atoms with Crippen LogP contribution in [0.5, 0.6) is 11.6 Å². The number of aryl methyl sites for hydroxylation is 1. The van der Waals surface area contributed by atoms with Crippen LogP contribution in [-0.4, -0.2) is 52.3 Å². The number of nitrogens with one attached hydrogen (secondary N) is 1. The zero-order chi connectivity index (χ0) is 26.5. The van der Waals surface area contributed by atoms with Crippen molar-refractivity contribution in [2.24, 2.45) is 0 Å². The Bertz CT molecular complexity index is 1410. The maximum Gasteiger partial charge on any atom is 0.263 e. The van der Waals surface area contributed by atoms with Crippen LogP contribution in [0.25, 0.3) is 11.0 Å². The van der Waals surface area contributed by atoms with Gasteiger partial charge in [0.25, 0.3) is 5.91 Å². The van der Waals surface area contributed by atoms with Gasteiger partial charge in [0.15, 0.2) is 24.0 Å². The second-order valence-corrected chi connectivity index (χ2v) is 10.6. The summed E-state index contributed by atoms with van der Waals surface area (Å²) in [6.07, 6.45) is 5.91. The Balaban J connectivity index is 1.13. The van der Waals surface area contributed by atoms with E-state index in [2.05, 4.69) is 25.6 Å². The molecule has 0 radical (unpaired) electrons. The van der Waals surface area contributed by atoms with Crippen LogP contribution >= 0.6 is 0 Å². The number of anilines is 1. The fraction of sp³-hybridized carbons (Fsp3) is 0.481. The number of rotatable bonds is 7. The second kappa shape index (κ2) is 9.39. The third kappa shape index (κ3) is 4.33. The van der Waals surface area contributed by atoms with E-state index in [0.29, 0.717) is 59.8 Å². The maximum atomic E-state index is 15.0. The molecule has 7 rings (SSSR count). The van der Waals surface area contributed by atoms with E-state index in [4.69, 9.17) is 14.2 Å². The number of carbonyl (C=O) groups is 1. The van der Waals surface area contributed by atoms with E-state index in [1.54, 1.807) is 19.1 Å². The highest BCUT2D eigenvalue weighted by Crippen LogP contribution is 2.44. The van der Waals surface area contributed by atoms with E-state index in [1.165, 1.54) is 13.3 Å². The fourth-order valence-electron chi connectivity index (χ4n) is 5.90. The summed E-state index contributed by atoms with van der Waals surface area (Å²) in [5.41, 5.74) is 1.83. The van der Waals surface area contributed by atoms with Gasteiger partial charge in [-0.3, -0.25) is 9.78 Å². The quantitative estimate of drug-likeness (QED) is 0.487. The lowest BCUT2D eigenvalue weighted by Crippen LogP contribution is -2.98. The van der Waals surface area contributed by atoms with Crippen molar-refractivity contribution < 1.29 is 33.1 Å². The predicted molar refractivity (Wildman–Crippen MR) is 133 cm³/mol. The molecule has 2 bridgehead atoms. The minimum Gasteiger partial charge on any atom is -0.481 e. The van der Waals surface area contributed by atoms with Gasteiger partial charge in [0.05, 0.1) is 29.9 Å². The van der Waals surface area contributed by atoms with Crippen LogP contribution in [0.2, 0.25) is 0 Å². The van der Waals surface area contributed by atoms with Gasteiger partial charge in [-0.15, -0.1) is 0 Å². The highest BCUT2D eigenvalue weighted by molar-refractivity contribution is 5.94. The van der Waals surface area contributed by atoms with Crippen molar-refractivity contribution >= 4 is 22.8 Å². The fourth-order valence-corrected chi connectivity index (χ4v) is 5.90. The van der Waals surface area contributed by atoms with Gasteiger partial charge in [-0.05, 0) is 38.7 Å². The Kier molecular flexibility index (Phi) is 6.14. The van der Waals surface area contributed by atoms with Crippen molar-refractivity contribution in [3.63, 3.8) is 0 Å². The number of carbonyl (C=O) groups excluding carboxylic acids is 1. The van der Waals surface area contributed by atoms with Crippen LogP contribution in [-0.2, 0) is 22.5 Å². The second-order valence-electron chi connectivity index (χ2n) is 10.6. The molecule has 200 valence electrons. The van der Waals surface area contributed by atoms with Gasteiger partial charge in [-0.2, -0.15) is 0 Å². The number of fused-ring (bicyclic) bond motifs is 5. The van der Waals surface area contributed by atoms with Crippen LogP contribution in [0, 0.1) is 18.6 Å². The molecule has 0 aromatic carbocycles. The molecule has 2 saturated heterocycles. The summed E-state index contributed by atoms with van der Waals surface area (Å²) in [5, 5.41) is 4.79. The highest BCUT2D eigenvalue weighted by atomic mass is 19.1. The first-order chi connectivity index (χ1) is 18.3. The maximum absolute atomic E-state index is 15.0. The van der Waals surface area contributed by atoms with E-state index < -0.39 is 5.82 Å².